The van der Waals surface area contributed by atoms with Crippen molar-refractivity contribution in [1.82, 2.24) is 10.2 Å². The first-order valence-corrected chi connectivity index (χ1v) is 6.78. The van der Waals surface area contributed by atoms with Crippen molar-refractivity contribution in [1.29, 1.82) is 0 Å². The van der Waals surface area contributed by atoms with E-state index in [0.29, 0.717) is 12.2 Å². The summed E-state index contributed by atoms with van der Waals surface area (Å²) in [5, 5.41) is 3.59. The summed E-state index contributed by atoms with van der Waals surface area (Å²) in [5.74, 6) is 0. The molecule has 94 valence electrons. The average molecular weight is 216 g/mol. The minimum Gasteiger partial charge on any atom is -0.299 e. The first kappa shape index (κ1) is 17.3. The van der Waals surface area contributed by atoms with Crippen molar-refractivity contribution in [3.05, 3.63) is 0 Å². The molecule has 2 unspecified atom stereocenters. The Balaban J connectivity index is 0. The van der Waals surface area contributed by atoms with Crippen LogP contribution in [0, 0.1) is 0 Å². The van der Waals surface area contributed by atoms with Crippen molar-refractivity contribution in [2.45, 2.75) is 73.5 Å². The van der Waals surface area contributed by atoms with Crippen molar-refractivity contribution in [3.63, 3.8) is 0 Å². The molecule has 1 aliphatic heterocycles. The minimum atomic E-state index is 0.628. The van der Waals surface area contributed by atoms with Gasteiger partial charge in [0.2, 0.25) is 0 Å². The maximum atomic E-state index is 3.59. The Morgan fingerprint density at radius 1 is 1.13 bits per heavy atom. The molecule has 15 heavy (non-hydrogen) atoms. The highest BCUT2D eigenvalue weighted by Gasteiger charge is 2.21. The Kier molecular flexibility index (Phi) is 13.8. The quantitative estimate of drug-likeness (QED) is 0.760. The van der Waals surface area contributed by atoms with Crippen molar-refractivity contribution >= 4 is 0 Å². The molecule has 1 N–H and O–H groups in total. The van der Waals surface area contributed by atoms with Gasteiger partial charge in [0, 0.05) is 12.6 Å². The predicted molar refractivity (Wildman–Crippen MR) is 71.2 cm³/mol. The van der Waals surface area contributed by atoms with Gasteiger partial charge in [0.15, 0.2) is 0 Å². The molecule has 0 spiro atoms. The Hall–Kier alpha value is -0.0800. The van der Waals surface area contributed by atoms with Gasteiger partial charge in [-0.1, -0.05) is 41.5 Å². The first-order valence-electron chi connectivity index (χ1n) is 6.78. The maximum absolute atomic E-state index is 3.59. The van der Waals surface area contributed by atoms with Gasteiger partial charge in [0.25, 0.3) is 0 Å². The third kappa shape index (κ3) is 6.91. The third-order valence-electron chi connectivity index (χ3n) is 2.56. The number of nitrogens with one attached hydrogen (secondary N) is 1. The summed E-state index contributed by atoms with van der Waals surface area (Å²) in [7, 11) is 0. The van der Waals surface area contributed by atoms with E-state index in [-0.39, 0.29) is 0 Å². The van der Waals surface area contributed by atoms with Crippen LogP contribution in [0.4, 0.5) is 0 Å². The van der Waals surface area contributed by atoms with Gasteiger partial charge in [0.1, 0.15) is 0 Å². The normalized spacial score (nSPS) is 25.8. The largest absolute Gasteiger partial charge is 0.299 e. The van der Waals surface area contributed by atoms with Gasteiger partial charge in [-0.3, -0.25) is 10.2 Å². The fraction of sp³-hybridized carbons (Fsp3) is 1.00. The van der Waals surface area contributed by atoms with Crippen LogP contribution in [0.15, 0.2) is 0 Å². The van der Waals surface area contributed by atoms with Crippen LogP contribution >= 0.6 is 0 Å². The zero-order valence-electron chi connectivity index (χ0n) is 11.9. The van der Waals surface area contributed by atoms with Crippen LogP contribution in [-0.2, 0) is 0 Å². The number of hydrogen-bond donors (Lipinski definition) is 1. The first-order chi connectivity index (χ1) is 7.27. The van der Waals surface area contributed by atoms with Crippen LogP contribution in [-0.4, -0.2) is 30.2 Å². The van der Waals surface area contributed by atoms with E-state index < -0.39 is 0 Å². The third-order valence-corrected chi connectivity index (χ3v) is 2.56. The molecule has 0 bridgehead atoms. The zero-order valence-corrected chi connectivity index (χ0v) is 11.9. The van der Waals surface area contributed by atoms with Crippen LogP contribution in [0.5, 0.6) is 0 Å². The molecule has 2 nitrogen and oxygen atoms in total. The van der Waals surface area contributed by atoms with Crippen molar-refractivity contribution < 1.29 is 0 Å². The van der Waals surface area contributed by atoms with Crippen molar-refractivity contribution in [2.75, 3.05) is 13.1 Å². The van der Waals surface area contributed by atoms with Crippen LogP contribution in [0.3, 0.4) is 0 Å². The topological polar surface area (TPSA) is 15.3 Å². The highest BCUT2D eigenvalue weighted by molar-refractivity contribution is 4.78. The van der Waals surface area contributed by atoms with Gasteiger partial charge in [-0.2, -0.15) is 0 Å². The highest BCUT2D eigenvalue weighted by atomic mass is 15.3. The Morgan fingerprint density at radius 2 is 1.67 bits per heavy atom. The predicted octanol–water partition coefficient (Wildman–Crippen LogP) is 3.48. The molecule has 2 heteroatoms. The molecule has 1 fully saturated rings. The van der Waals surface area contributed by atoms with Crippen LogP contribution < -0.4 is 5.32 Å². The van der Waals surface area contributed by atoms with Gasteiger partial charge in [0.05, 0.1) is 6.17 Å². The van der Waals surface area contributed by atoms with E-state index in [0.717, 1.165) is 0 Å². The molecular weight excluding hydrogens is 184 g/mol. The molecule has 0 aromatic carbocycles. The van der Waals surface area contributed by atoms with E-state index in [1.54, 1.807) is 0 Å². The fourth-order valence-corrected chi connectivity index (χ4v) is 1.79. The summed E-state index contributed by atoms with van der Waals surface area (Å²) in [6.45, 7) is 17.2. The van der Waals surface area contributed by atoms with Crippen LogP contribution in [0.25, 0.3) is 0 Å². The van der Waals surface area contributed by atoms with Gasteiger partial charge in [-0.05, 0) is 26.3 Å². The molecule has 0 amide bonds. The fourth-order valence-electron chi connectivity index (χ4n) is 1.79. The van der Waals surface area contributed by atoms with Crippen LogP contribution in [0.1, 0.15) is 61.3 Å². The number of hydrogen-bond acceptors (Lipinski definition) is 2. The molecular formula is C13H32N2. The van der Waals surface area contributed by atoms with E-state index in [4.69, 9.17) is 0 Å². The Bertz CT molecular complexity index is 115. The standard InChI is InChI=1S/C9H20N2.2C2H6/c1-4-9-10-8(3)6-7-11(9)5-2;2*1-2/h8-10H,4-7H2,1-3H3;2*1-2H3. The molecule has 0 aromatic heterocycles. The van der Waals surface area contributed by atoms with E-state index in [9.17, 15) is 0 Å². The zero-order chi connectivity index (χ0) is 12.3. The van der Waals surface area contributed by atoms with Gasteiger partial charge in [-0.15, -0.1) is 0 Å². The molecule has 1 heterocycles. The lowest BCUT2D eigenvalue weighted by Crippen LogP contribution is -2.54. The summed E-state index contributed by atoms with van der Waals surface area (Å²) in [6, 6.07) is 0.711. The second-order valence-electron chi connectivity index (χ2n) is 3.41. The Morgan fingerprint density at radius 3 is 2.07 bits per heavy atom. The SMILES string of the molecule is CC.CC.CCC1NC(C)CCN1CC. The Labute approximate surface area is 97.4 Å². The summed E-state index contributed by atoms with van der Waals surface area (Å²) in [6.07, 6.45) is 3.14. The highest BCUT2D eigenvalue weighted by Crippen LogP contribution is 2.10. The number of rotatable bonds is 2. The molecule has 0 radical (unpaired) electrons. The maximum Gasteiger partial charge on any atom is 0.0596 e. The lowest BCUT2D eigenvalue weighted by molar-refractivity contribution is 0.111. The van der Waals surface area contributed by atoms with E-state index in [1.165, 1.54) is 25.9 Å². The van der Waals surface area contributed by atoms with E-state index in [1.807, 2.05) is 27.7 Å². The van der Waals surface area contributed by atoms with Crippen molar-refractivity contribution in [3.8, 4) is 0 Å². The monoisotopic (exact) mass is 216 g/mol. The second-order valence-corrected chi connectivity index (χ2v) is 3.41. The number of nitrogens with zero attached hydrogens (tertiary/aromatic N) is 1. The summed E-state index contributed by atoms with van der Waals surface area (Å²) >= 11 is 0. The molecule has 2 atom stereocenters. The van der Waals surface area contributed by atoms with E-state index >= 15 is 0 Å². The van der Waals surface area contributed by atoms with E-state index in [2.05, 4.69) is 31.0 Å². The molecule has 1 saturated heterocycles. The van der Waals surface area contributed by atoms with Gasteiger partial charge < -0.3 is 0 Å². The summed E-state index contributed by atoms with van der Waals surface area (Å²) in [5.41, 5.74) is 0. The molecule has 0 aliphatic carbocycles. The summed E-state index contributed by atoms with van der Waals surface area (Å²) in [4.78, 5) is 2.51. The average Bonchev–Trinajstić information content (AvgIpc) is 2.34. The van der Waals surface area contributed by atoms with Crippen molar-refractivity contribution in [2.24, 2.45) is 0 Å². The minimum absolute atomic E-state index is 0.628. The lowest BCUT2D eigenvalue weighted by Gasteiger charge is -2.38. The molecule has 1 aliphatic rings. The lowest BCUT2D eigenvalue weighted by atomic mass is 10.1. The van der Waals surface area contributed by atoms with Crippen LogP contribution in [0.2, 0.25) is 0 Å². The summed E-state index contributed by atoms with van der Waals surface area (Å²) < 4.78 is 0. The van der Waals surface area contributed by atoms with Gasteiger partial charge >= 0.3 is 0 Å². The molecule has 0 aromatic rings. The molecule has 1 rings (SSSR count). The second kappa shape index (κ2) is 12.0. The molecule has 0 saturated carbocycles. The smallest absolute Gasteiger partial charge is 0.0596 e. The van der Waals surface area contributed by atoms with Gasteiger partial charge in [-0.25, -0.2) is 0 Å².